The molecular weight excluding hydrogens is 328 g/mol. The minimum Gasteiger partial charge on any atom is -0.380 e. The summed E-state index contributed by atoms with van der Waals surface area (Å²) in [5.74, 6) is 1.58. The highest BCUT2D eigenvalue weighted by Crippen LogP contribution is 2.11. The summed E-state index contributed by atoms with van der Waals surface area (Å²) in [4.78, 5) is 4.69. The Kier molecular flexibility index (Phi) is 6.16. The highest BCUT2D eigenvalue weighted by molar-refractivity contribution is 5.79. The van der Waals surface area contributed by atoms with Crippen molar-refractivity contribution >= 4 is 11.6 Å². The monoisotopic (exact) mass is 352 g/mol. The lowest BCUT2D eigenvalue weighted by Crippen LogP contribution is -2.37. The zero-order valence-electron chi connectivity index (χ0n) is 15.1. The van der Waals surface area contributed by atoms with Crippen LogP contribution in [0.3, 0.4) is 0 Å². The van der Waals surface area contributed by atoms with Crippen molar-refractivity contribution in [1.82, 2.24) is 25.2 Å². The number of aromatic nitrogens is 3. The molecule has 1 aromatic carbocycles. The van der Waals surface area contributed by atoms with Crippen molar-refractivity contribution in [2.24, 2.45) is 4.99 Å². The van der Waals surface area contributed by atoms with E-state index in [0.29, 0.717) is 19.7 Å². The molecular formula is C19H24N6O. The first-order chi connectivity index (χ1) is 12.8. The second kappa shape index (κ2) is 8.96. The van der Waals surface area contributed by atoms with Crippen LogP contribution in [-0.4, -0.2) is 34.2 Å². The van der Waals surface area contributed by atoms with Gasteiger partial charge in [0.2, 0.25) is 0 Å². The van der Waals surface area contributed by atoms with Gasteiger partial charge in [-0.05, 0) is 30.2 Å². The third-order valence-electron chi connectivity index (χ3n) is 3.97. The van der Waals surface area contributed by atoms with Crippen molar-refractivity contribution in [3.63, 3.8) is 0 Å². The van der Waals surface area contributed by atoms with E-state index in [0.717, 1.165) is 35.1 Å². The fourth-order valence-electron chi connectivity index (χ4n) is 2.69. The zero-order valence-corrected chi connectivity index (χ0v) is 15.1. The Morgan fingerprint density at radius 1 is 1.08 bits per heavy atom. The lowest BCUT2D eigenvalue weighted by Gasteiger charge is -2.12. The Labute approximate surface area is 153 Å². The van der Waals surface area contributed by atoms with Gasteiger partial charge in [0.15, 0.2) is 17.4 Å². The smallest absolute Gasteiger partial charge is 0.191 e. The van der Waals surface area contributed by atoms with Gasteiger partial charge in [0, 0.05) is 19.9 Å². The van der Waals surface area contributed by atoms with E-state index >= 15 is 0 Å². The molecule has 0 spiro atoms. The quantitative estimate of drug-likeness (QED) is 0.503. The molecule has 0 bridgehead atoms. The van der Waals surface area contributed by atoms with E-state index in [1.54, 1.807) is 7.11 Å². The number of methoxy groups -OCH3 is 1. The van der Waals surface area contributed by atoms with Crippen molar-refractivity contribution in [3.05, 3.63) is 65.6 Å². The SMILES string of the molecule is CCNC(=NCc1ccccc1COC)NCc1nnc2ccccn12. The highest BCUT2D eigenvalue weighted by atomic mass is 16.5. The van der Waals surface area contributed by atoms with Crippen LogP contribution in [0.4, 0.5) is 0 Å². The fraction of sp³-hybridized carbons (Fsp3) is 0.316. The van der Waals surface area contributed by atoms with Crippen LogP contribution in [-0.2, 0) is 24.4 Å². The molecule has 0 radical (unpaired) electrons. The van der Waals surface area contributed by atoms with Crippen LogP contribution in [0.1, 0.15) is 23.9 Å². The molecule has 2 N–H and O–H groups in total. The number of benzene rings is 1. The van der Waals surface area contributed by atoms with E-state index in [9.17, 15) is 0 Å². The van der Waals surface area contributed by atoms with E-state index in [-0.39, 0.29) is 0 Å². The van der Waals surface area contributed by atoms with Crippen molar-refractivity contribution < 1.29 is 4.74 Å². The number of nitrogens with one attached hydrogen (secondary N) is 2. The maximum Gasteiger partial charge on any atom is 0.191 e. The summed E-state index contributed by atoms with van der Waals surface area (Å²) < 4.78 is 7.23. The number of guanidine groups is 1. The van der Waals surface area contributed by atoms with Crippen LogP contribution in [0.2, 0.25) is 0 Å². The maximum absolute atomic E-state index is 5.26. The van der Waals surface area contributed by atoms with Gasteiger partial charge in [0.1, 0.15) is 0 Å². The van der Waals surface area contributed by atoms with Gasteiger partial charge in [-0.1, -0.05) is 30.3 Å². The van der Waals surface area contributed by atoms with Gasteiger partial charge >= 0.3 is 0 Å². The highest BCUT2D eigenvalue weighted by Gasteiger charge is 2.06. The third kappa shape index (κ3) is 4.37. The molecule has 3 rings (SSSR count). The van der Waals surface area contributed by atoms with Gasteiger partial charge in [-0.25, -0.2) is 4.99 Å². The van der Waals surface area contributed by atoms with Crippen LogP contribution in [0.25, 0.3) is 5.65 Å². The number of fused-ring (bicyclic) bond motifs is 1. The van der Waals surface area contributed by atoms with Crippen molar-refractivity contribution in [3.8, 4) is 0 Å². The van der Waals surface area contributed by atoms with Gasteiger partial charge in [-0.3, -0.25) is 4.40 Å². The minimum atomic E-state index is 0.538. The molecule has 3 aromatic rings. The third-order valence-corrected chi connectivity index (χ3v) is 3.97. The van der Waals surface area contributed by atoms with E-state index in [1.807, 2.05) is 47.9 Å². The lowest BCUT2D eigenvalue weighted by molar-refractivity contribution is 0.184. The number of hydrogen-bond acceptors (Lipinski definition) is 4. The van der Waals surface area contributed by atoms with Gasteiger partial charge in [0.05, 0.1) is 19.7 Å². The van der Waals surface area contributed by atoms with Gasteiger partial charge in [-0.15, -0.1) is 10.2 Å². The van der Waals surface area contributed by atoms with Gasteiger partial charge in [0.25, 0.3) is 0 Å². The molecule has 2 aromatic heterocycles. The molecule has 0 fully saturated rings. The number of ether oxygens (including phenoxy) is 1. The van der Waals surface area contributed by atoms with Crippen LogP contribution in [0.5, 0.6) is 0 Å². The summed E-state index contributed by atoms with van der Waals surface area (Å²) in [5, 5.41) is 15.0. The first-order valence-corrected chi connectivity index (χ1v) is 8.68. The maximum atomic E-state index is 5.26. The molecule has 26 heavy (non-hydrogen) atoms. The van der Waals surface area contributed by atoms with Crippen molar-refractivity contribution in [2.45, 2.75) is 26.6 Å². The molecule has 0 aliphatic carbocycles. The van der Waals surface area contributed by atoms with E-state index in [1.165, 1.54) is 0 Å². The van der Waals surface area contributed by atoms with Crippen LogP contribution in [0, 0.1) is 0 Å². The predicted molar refractivity (Wildman–Crippen MR) is 102 cm³/mol. The second-order valence-corrected chi connectivity index (χ2v) is 5.80. The number of nitrogens with zero attached hydrogens (tertiary/aromatic N) is 4. The summed E-state index contributed by atoms with van der Waals surface area (Å²) in [6.45, 7) is 4.53. The molecule has 0 atom stereocenters. The van der Waals surface area contributed by atoms with Crippen molar-refractivity contribution in [1.29, 1.82) is 0 Å². The van der Waals surface area contributed by atoms with Crippen LogP contribution < -0.4 is 10.6 Å². The largest absolute Gasteiger partial charge is 0.380 e. The first-order valence-electron chi connectivity index (χ1n) is 8.68. The molecule has 0 amide bonds. The number of pyridine rings is 1. The topological polar surface area (TPSA) is 75.8 Å². The Bertz CT molecular complexity index is 873. The molecule has 0 unspecified atom stereocenters. The van der Waals surface area contributed by atoms with Gasteiger partial charge in [-0.2, -0.15) is 0 Å². The number of rotatable bonds is 7. The number of hydrogen-bond donors (Lipinski definition) is 2. The molecule has 0 aliphatic heterocycles. The van der Waals surface area contributed by atoms with Crippen LogP contribution in [0.15, 0.2) is 53.7 Å². The first kappa shape index (κ1) is 17.9. The molecule has 7 nitrogen and oxygen atoms in total. The predicted octanol–water partition coefficient (Wildman–Crippen LogP) is 2.13. The van der Waals surface area contributed by atoms with E-state index < -0.39 is 0 Å². The zero-order chi connectivity index (χ0) is 18.2. The normalized spacial score (nSPS) is 11.7. The molecule has 0 aliphatic rings. The Balaban J connectivity index is 1.70. The summed E-state index contributed by atoms with van der Waals surface area (Å²) in [5.41, 5.74) is 3.14. The second-order valence-electron chi connectivity index (χ2n) is 5.80. The summed E-state index contributed by atoms with van der Waals surface area (Å²) in [6.07, 6.45) is 1.96. The molecule has 7 heteroatoms. The van der Waals surface area contributed by atoms with E-state index in [2.05, 4.69) is 38.0 Å². The van der Waals surface area contributed by atoms with Crippen LogP contribution >= 0.6 is 0 Å². The minimum absolute atomic E-state index is 0.538. The Morgan fingerprint density at radius 3 is 2.69 bits per heavy atom. The van der Waals surface area contributed by atoms with Crippen molar-refractivity contribution in [2.75, 3.05) is 13.7 Å². The fourth-order valence-corrected chi connectivity index (χ4v) is 2.69. The average Bonchev–Trinajstić information content (AvgIpc) is 3.08. The molecule has 0 saturated heterocycles. The molecule has 2 heterocycles. The molecule has 136 valence electrons. The summed E-state index contributed by atoms with van der Waals surface area (Å²) in [7, 11) is 1.70. The van der Waals surface area contributed by atoms with Gasteiger partial charge < -0.3 is 15.4 Å². The number of aliphatic imine (C=N–C) groups is 1. The summed E-state index contributed by atoms with van der Waals surface area (Å²) >= 11 is 0. The lowest BCUT2D eigenvalue weighted by atomic mass is 10.1. The Morgan fingerprint density at radius 2 is 1.88 bits per heavy atom. The van der Waals surface area contributed by atoms with E-state index in [4.69, 9.17) is 4.74 Å². The average molecular weight is 352 g/mol. The Hall–Kier alpha value is -2.93. The standard InChI is InChI=1S/C19H24N6O/c1-3-20-19(21-12-15-8-4-5-9-16(15)14-26-2)22-13-18-24-23-17-10-6-7-11-25(17)18/h4-11H,3,12-14H2,1-2H3,(H2,20,21,22). The molecule has 0 saturated carbocycles. The summed E-state index contributed by atoms with van der Waals surface area (Å²) in [6, 6.07) is 14.0.